The van der Waals surface area contributed by atoms with E-state index in [-0.39, 0.29) is 10.9 Å². The highest BCUT2D eigenvalue weighted by Crippen LogP contribution is 2.04. The summed E-state index contributed by atoms with van der Waals surface area (Å²) in [5, 5.41) is 3.98. The molecule has 1 rings (SSSR count). The Balaban J connectivity index is 2.85. The Hall–Kier alpha value is -1.55. The molecule has 0 radical (unpaired) electrons. The Bertz CT molecular complexity index is 438. The lowest BCUT2D eigenvalue weighted by atomic mass is 10.1. The lowest BCUT2D eigenvalue weighted by Gasteiger charge is -2.03. The molecule has 0 atom stereocenters. The minimum Gasteiger partial charge on any atom is -0.313 e. The van der Waals surface area contributed by atoms with Gasteiger partial charge in [0.1, 0.15) is 5.71 Å². The summed E-state index contributed by atoms with van der Waals surface area (Å²) in [6.45, 7) is 1.76. The van der Waals surface area contributed by atoms with Crippen molar-refractivity contribution in [2.75, 3.05) is 18.3 Å². The van der Waals surface area contributed by atoms with Gasteiger partial charge in [-0.05, 0) is 17.8 Å². The molecule has 0 unspecified atom stereocenters. The molecule has 0 aliphatic rings. The monoisotopic (exact) mass is 264 g/mol. The topological polar surface area (TPSA) is 38.7 Å². The molecule has 0 amide bonds. The molecule has 18 heavy (non-hydrogen) atoms. The van der Waals surface area contributed by atoms with Gasteiger partial charge in [-0.25, -0.2) is 4.79 Å². The highest BCUT2D eigenvalue weighted by atomic mass is 32.2. The van der Waals surface area contributed by atoms with E-state index in [1.807, 2.05) is 30.3 Å². The van der Waals surface area contributed by atoms with Crippen LogP contribution in [0.25, 0.3) is 0 Å². The molecular formula is C14H18NO2S+. The molecule has 1 aromatic carbocycles. The lowest BCUT2D eigenvalue weighted by Crippen LogP contribution is -2.16. The number of hydrogen-bond acceptors (Lipinski definition) is 3. The van der Waals surface area contributed by atoms with E-state index in [0.29, 0.717) is 0 Å². The van der Waals surface area contributed by atoms with E-state index >= 15 is 0 Å². The van der Waals surface area contributed by atoms with E-state index in [4.69, 9.17) is 4.84 Å². The molecule has 0 fully saturated rings. The van der Waals surface area contributed by atoms with Crippen LogP contribution in [-0.4, -0.2) is 29.9 Å². The molecule has 1 aromatic rings. The third-order valence-corrected chi connectivity index (χ3v) is 2.93. The minimum absolute atomic E-state index is 0.195. The predicted octanol–water partition coefficient (Wildman–Crippen LogP) is 2.39. The van der Waals surface area contributed by atoms with Gasteiger partial charge >= 0.3 is 5.97 Å². The van der Waals surface area contributed by atoms with Gasteiger partial charge in [-0.3, -0.25) is 0 Å². The van der Waals surface area contributed by atoms with Gasteiger partial charge in [-0.15, -0.1) is 0 Å². The maximum Gasteiger partial charge on any atom is 0.358 e. The fraction of sp³-hybridized carbons (Fsp3) is 0.286. The molecule has 0 heterocycles. The summed E-state index contributed by atoms with van der Waals surface area (Å²) >= 11 is 0. The number of hydrogen-bond donors (Lipinski definition) is 0. The van der Waals surface area contributed by atoms with Gasteiger partial charge in [0.05, 0.1) is 12.5 Å². The smallest absolute Gasteiger partial charge is 0.313 e. The number of carbonyl (C=O) groups is 1. The first-order valence-corrected chi connectivity index (χ1v) is 7.84. The number of nitrogens with zero attached hydrogens (tertiary/aromatic N) is 1. The van der Waals surface area contributed by atoms with Crippen molar-refractivity contribution >= 4 is 22.6 Å². The zero-order chi connectivity index (χ0) is 13.4. The largest absolute Gasteiger partial charge is 0.358 e. The first-order valence-electron chi connectivity index (χ1n) is 5.63. The normalized spacial score (nSPS) is 12.1. The van der Waals surface area contributed by atoms with E-state index in [1.165, 1.54) is 6.08 Å². The van der Waals surface area contributed by atoms with Crippen LogP contribution in [0.2, 0.25) is 0 Å². The quantitative estimate of drug-likeness (QED) is 0.269. The SMILES string of the molecule is C/C=C/C(=O)O/N=C(\C[S+](C)C)c1ccccc1. The molecule has 0 aliphatic carbocycles. The molecule has 0 bridgehead atoms. The van der Waals surface area contributed by atoms with Crippen molar-refractivity contribution < 1.29 is 9.63 Å². The zero-order valence-electron chi connectivity index (χ0n) is 10.9. The van der Waals surface area contributed by atoms with Crippen molar-refractivity contribution in [3.8, 4) is 0 Å². The fourth-order valence-electron chi connectivity index (χ4n) is 1.33. The van der Waals surface area contributed by atoms with E-state index in [2.05, 4.69) is 17.7 Å². The zero-order valence-corrected chi connectivity index (χ0v) is 11.7. The number of carbonyl (C=O) groups excluding carboxylic acids is 1. The Morgan fingerprint density at radius 3 is 2.56 bits per heavy atom. The number of rotatable bonds is 5. The maximum atomic E-state index is 11.3. The minimum atomic E-state index is -0.446. The van der Waals surface area contributed by atoms with Crippen molar-refractivity contribution in [2.24, 2.45) is 5.16 Å². The highest BCUT2D eigenvalue weighted by molar-refractivity contribution is 7.96. The van der Waals surface area contributed by atoms with Gasteiger partial charge in [-0.1, -0.05) is 41.6 Å². The van der Waals surface area contributed by atoms with E-state index in [1.54, 1.807) is 13.0 Å². The highest BCUT2D eigenvalue weighted by Gasteiger charge is 2.13. The summed E-state index contributed by atoms with van der Waals surface area (Å²) in [6, 6.07) is 9.78. The molecule has 4 heteroatoms. The van der Waals surface area contributed by atoms with E-state index < -0.39 is 5.97 Å². The Kier molecular flexibility index (Phi) is 6.22. The summed E-state index contributed by atoms with van der Waals surface area (Å²) in [6.07, 6.45) is 7.24. The summed E-state index contributed by atoms with van der Waals surface area (Å²) in [5.74, 6) is 0.352. The summed E-state index contributed by atoms with van der Waals surface area (Å²) < 4.78 is 0. The van der Waals surface area contributed by atoms with Gasteiger partial charge in [-0.2, -0.15) is 0 Å². The first kappa shape index (κ1) is 14.5. The van der Waals surface area contributed by atoms with Crippen LogP contribution in [0.1, 0.15) is 12.5 Å². The van der Waals surface area contributed by atoms with Gasteiger partial charge in [0.2, 0.25) is 0 Å². The molecule has 0 saturated heterocycles. The number of oxime groups is 1. The van der Waals surface area contributed by atoms with E-state index in [0.717, 1.165) is 17.0 Å². The second-order valence-electron chi connectivity index (χ2n) is 3.94. The van der Waals surface area contributed by atoms with Crippen molar-refractivity contribution in [1.82, 2.24) is 0 Å². The van der Waals surface area contributed by atoms with Crippen LogP contribution in [0.15, 0.2) is 47.6 Å². The van der Waals surface area contributed by atoms with Crippen LogP contribution in [0.4, 0.5) is 0 Å². The summed E-state index contributed by atoms with van der Waals surface area (Å²) in [7, 11) is 0.195. The molecule has 0 aromatic heterocycles. The van der Waals surface area contributed by atoms with Crippen LogP contribution in [-0.2, 0) is 20.5 Å². The molecular weight excluding hydrogens is 246 g/mol. The molecule has 0 N–H and O–H groups in total. The predicted molar refractivity (Wildman–Crippen MR) is 78.0 cm³/mol. The van der Waals surface area contributed by atoms with Gasteiger partial charge in [0.25, 0.3) is 0 Å². The van der Waals surface area contributed by atoms with E-state index in [9.17, 15) is 4.79 Å². The van der Waals surface area contributed by atoms with Crippen LogP contribution in [0.3, 0.4) is 0 Å². The average Bonchev–Trinajstić information content (AvgIpc) is 2.35. The Morgan fingerprint density at radius 1 is 1.33 bits per heavy atom. The van der Waals surface area contributed by atoms with Crippen LogP contribution < -0.4 is 0 Å². The fourth-order valence-corrected chi connectivity index (χ4v) is 2.10. The summed E-state index contributed by atoms with van der Waals surface area (Å²) in [4.78, 5) is 16.1. The number of benzene rings is 1. The Morgan fingerprint density at radius 2 is 2.00 bits per heavy atom. The van der Waals surface area contributed by atoms with Crippen molar-refractivity contribution in [2.45, 2.75) is 6.92 Å². The molecule has 3 nitrogen and oxygen atoms in total. The number of allylic oxidation sites excluding steroid dienone is 1. The second-order valence-corrected chi connectivity index (χ2v) is 6.20. The van der Waals surface area contributed by atoms with Crippen molar-refractivity contribution in [1.29, 1.82) is 0 Å². The second kappa shape index (κ2) is 7.71. The molecule has 0 saturated carbocycles. The first-order chi connectivity index (χ1) is 8.63. The third-order valence-electron chi connectivity index (χ3n) is 2.08. The van der Waals surface area contributed by atoms with Gasteiger partial charge in [0.15, 0.2) is 5.75 Å². The van der Waals surface area contributed by atoms with Crippen LogP contribution in [0, 0.1) is 0 Å². The van der Waals surface area contributed by atoms with Crippen LogP contribution in [0.5, 0.6) is 0 Å². The Labute approximate surface area is 111 Å². The molecule has 0 spiro atoms. The van der Waals surface area contributed by atoms with Crippen molar-refractivity contribution in [3.05, 3.63) is 48.0 Å². The molecule has 0 aliphatic heterocycles. The summed E-state index contributed by atoms with van der Waals surface area (Å²) in [5.41, 5.74) is 1.80. The molecule has 96 valence electrons. The van der Waals surface area contributed by atoms with Crippen LogP contribution >= 0.6 is 0 Å². The van der Waals surface area contributed by atoms with Gasteiger partial charge < -0.3 is 4.84 Å². The van der Waals surface area contributed by atoms with Gasteiger partial charge in [0, 0.05) is 11.6 Å². The average molecular weight is 264 g/mol. The standard InChI is InChI=1S/C14H18NO2S/c1-4-8-14(16)17-15-13(11-18(2)3)12-9-6-5-7-10-12/h4-10H,11H2,1-3H3/q+1/b8-4+,15-13+. The maximum absolute atomic E-state index is 11.3. The lowest BCUT2D eigenvalue weighted by molar-refractivity contribution is -0.137. The van der Waals surface area contributed by atoms with Crippen molar-refractivity contribution in [3.63, 3.8) is 0 Å². The third kappa shape index (κ3) is 5.19.